The number of carbonyl (C=O) groups excluding carboxylic acids is 2. The minimum absolute atomic E-state index is 0.00135. The average molecular weight is 383 g/mol. The van der Waals surface area contributed by atoms with Crippen molar-refractivity contribution in [2.75, 3.05) is 26.8 Å². The molecule has 1 aliphatic rings. The van der Waals surface area contributed by atoms with Crippen LogP contribution in [0.5, 0.6) is 0 Å². The van der Waals surface area contributed by atoms with Gasteiger partial charge in [-0.25, -0.2) is 0 Å². The number of nitrogens with one attached hydrogen (secondary N) is 2. The summed E-state index contributed by atoms with van der Waals surface area (Å²) in [5.74, 6) is 0.0358. The molecule has 3 N–H and O–H groups in total. The Morgan fingerprint density at radius 3 is 2.52 bits per heavy atom. The fourth-order valence-corrected chi connectivity index (χ4v) is 3.64. The highest BCUT2D eigenvalue weighted by Crippen LogP contribution is 2.38. The third-order valence-electron chi connectivity index (χ3n) is 5.24. The second kappa shape index (κ2) is 11.7. The average Bonchev–Trinajstić information content (AvgIpc) is 2.59. The van der Waals surface area contributed by atoms with E-state index >= 15 is 0 Å². The first-order valence-electron chi connectivity index (χ1n) is 9.67. The lowest BCUT2D eigenvalue weighted by atomic mass is 9.69. The number of aliphatic carboxylic acids is 1. The maximum atomic E-state index is 12.1. The standard InChI is InChI=1S/C20H34N2O5/c1-13(2)17-10-15(11-19(24)21-7-8-27-4)14(3)9-16(17)12-22-18(23)5-6-20(25)26/h9,13,15-17H,5-8,10-12H2,1-4H3,(H,21,24)(H,22,23)(H,25,26). The normalized spacial score (nSPS) is 22.3. The van der Waals surface area contributed by atoms with E-state index in [2.05, 4.69) is 30.6 Å². The van der Waals surface area contributed by atoms with Crippen LogP contribution in [0.2, 0.25) is 0 Å². The topological polar surface area (TPSA) is 105 Å². The van der Waals surface area contributed by atoms with E-state index in [1.54, 1.807) is 7.11 Å². The molecule has 1 aliphatic carbocycles. The van der Waals surface area contributed by atoms with Crippen LogP contribution < -0.4 is 10.6 Å². The summed E-state index contributed by atoms with van der Waals surface area (Å²) in [6, 6.07) is 0. The number of amides is 2. The van der Waals surface area contributed by atoms with Crippen LogP contribution in [0.15, 0.2) is 11.6 Å². The van der Waals surface area contributed by atoms with Crippen LogP contribution in [0.1, 0.15) is 46.5 Å². The molecule has 1 rings (SSSR count). The maximum Gasteiger partial charge on any atom is 0.303 e. The minimum atomic E-state index is -0.967. The van der Waals surface area contributed by atoms with Gasteiger partial charge in [-0.1, -0.05) is 25.5 Å². The van der Waals surface area contributed by atoms with Crippen LogP contribution in [-0.4, -0.2) is 49.7 Å². The molecule has 0 heterocycles. The van der Waals surface area contributed by atoms with Crippen molar-refractivity contribution < 1.29 is 24.2 Å². The van der Waals surface area contributed by atoms with Crippen molar-refractivity contribution >= 4 is 17.8 Å². The molecule has 0 spiro atoms. The minimum Gasteiger partial charge on any atom is -0.481 e. The van der Waals surface area contributed by atoms with Gasteiger partial charge in [0.15, 0.2) is 0 Å². The number of allylic oxidation sites excluding steroid dienone is 1. The van der Waals surface area contributed by atoms with Gasteiger partial charge in [0.2, 0.25) is 11.8 Å². The first-order chi connectivity index (χ1) is 12.7. The van der Waals surface area contributed by atoms with Crippen LogP contribution in [0, 0.1) is 23.7 Å². The van der Waals surface area contributed by atoms with Crippen molar-refractivity contribution in [3.8, 4) is 0 Å². The third-order valence-corrected chi connectivity index (χ3v) is 5.24. The molecule has 0 aromatic heterocycles. The van der Waals surface area contributed by atoms with E-state index in [9.17, 15) is 14.4 Å². The highest BCUT2D eigenvalue weighted by atomic mass is 16.5. The summed E-state index contributed by atoms with van der Waals surface area (Å²) < 4.78 is 4.95. The van der Waals surface area contributed by atoms with Gasteiger partial charge in [0.05, 0.1) is 13.0 Å². The maximum absolute atomic E-state index is 12.1. The Labute approximate surface area is 161 Å². The molecule has 2 amide bonds. The summed E-state index contributed by atoms with van der Waals surface area (Å²) in [6.07, 6.45) is 3.40. The van der Waals surface area contributed by atoms with Crippen LogP contribution in [0.3, 0.4) is 0 Å². The van der Waals surface area contributed by atoms with Crippen molar-refractivity contribution in [2.24, 2.45) is 23.7 Å². The highest BCUT2D eigenvalue weighted by Gasteiger charge is 2.32. The van der Waals surface area contributed by atoms with E-state index in [0.29, 0.717) is 38.0 Å². The molecular formula is C20H34N2O5. The first kappa shape index (κ1) is 23.1. The van der Waals surface area contributed by atoms with E-state index in [4.69, 9.17) is 9.84 Å². The van der Waals surface area contributed by atoms with Gasteiger partial charge < -0.3 is 20.5 Å². The summed E-state index contributed by atoms with van der Waals surface area (Å²) in [6.45, 7) is 7.89. The number of ether oxygens (including phenoxy) is 1. The number of methoxy groups -OCH3 is 1. The first-order valence-corrected chi connectivity index (χ1v) is 9.67. The molecular weight excluding hydrogens is 348 g/mol. The van der Waals surface area contributed by atoms with Crippen LogP contribution in [0.4, 0.5) is 0 Å². The fraction of sp³-hybridized carbons (Fsp3) is 0.750. The second-order valence-electron chi connectivity index (χ2n) is 7.66. The van der Waals surface area contributed by atoms with E-state index in [-0.39, 0.29) is 36.5 Å². The zero-order chi connectivity index (χ0) is 20.4. The van der Waals surface area contributed by atoms with Gasteiger partial charge in [-0.15, -0.1) is 0 Å². The molecule has 0 fully saturated rings. The molecule has 27 heavy (non-hydrogen) atoms. The van der Waals surface area contributed by atoms with E-state index in [1.165, 1.54) is 5.57 Å². The largest absolute Gasteiger partial charge is 0.481 e. The highest BCUT2D eigenvalue weighted by molar-refractivity contribution is 5.80. The molecule has 0 aliphatic heterocycles. The monoisotopic (exact) mass is 382 g/mol. The summed E-state index contributed by atoms with van der Waals surface area (Å²) in [7, 11) is 1.61. The quantitative estimate of drug-likeness (QED) is 0.374. The number of hydrogen-bond donors (Lipinski definition) is 3. The van der Waals surface area contributed by atoms with Gasteiger partial charge in [-0.2, -0.15) is 0 Å². The molecule has 3 unspecified atom stereocenters. The van der Waals surface area contributed by atoms with Crippen LogP contribution in [-0.2, 0) is 19.1 Å². The molecule has 0 aromatic carbocycles. The number of rotatable bonds is 11. The van der Waals surface area contributed by atoms with Gasteiger partial charge in [-0.3, -0.25) is 14.4 Å². The predicted octanol–water partition coefficient (Wildman–Crippen LogP) is 1.97. The zero-order valence-electron chi connectivity index (χ0n) is 16.9. The van der Waals surface area contributed by atoms with Gasteiger partial charge in [-0.05, 0) is 37.0 Å². The number of hydrogen-bond acceptors (Lipinski definition) is 4. The van der Waals surface area contributed by atoms with Gasteiger partial charge in [0.25, 0.3) is 0 Å². The molecule has 0 aromatic rings. The summed E-state index contributed by atoms with van der Waals surface area (Å²) in [5.41, 5.74) is 1.18. The Kier molecular flexibility index (Phi) is 10.1. The Bertz CT molecular complexity index is 544. The zero-order valence-corrected chi connectivity index (χ0v) is 16.9. The summed E-state index contributed by atoms with van der Waals surface area (Å²) >= 11 is 0. The second-order valence-corrected chi connectivity index (χ2v) is 7.66. The van der Waals surface area contributed by atoms with Gasteiger partial charge >= 0.3 is 5.97 Å². The molecule has 3 atom stereocenters. The predicted molar refractivity (Wildman–Crippen MR) is 103 cm³/mol. The summed E-state index contributed by atoms with van der Waals surface area (Å²) in [4.78, 5) is 34.5. The molecule has 0 radical (unpaired) electrons. The van der Waals surface area contributed by atoms with Crippen molar-refractivity contribution in [3.63, 3.8) is 0 Å². The lowest BCUT2D eigenvalue weighted by molar-refractivity contribution is -0.138. The Morgan fingerprint density at radius 1 is 1.22 bits per heavy atom. The Hall–Kier alpha value is -1.89. The summed E-state index contributed by atoms with van der Waals surface area (Å²) in [5, 5.41) is 14.4. The van der Waals surface area contributed by atoms with Crippen LogP contribution in [0.25, 0.3) is 0 Å². The smallest absolute Gasteiger partial charge is 0.303 e. The van der Waals surface area contributed by atoms with E-state index < -0.39 is 5.97 Å². The molecule has 7 heteroatoms. The van der Waals surface area contributed by atoms with Crippen molar-refractivity contribution in [1.29, 1.82) is 0 Å². The molecule has 154 valence electrons. The Balaban J connectivity index is 2.63. The number of carboxylic acid groups (broad SMARTS) is 1. The molecule has 0 bridgehead atoms. The van der Waals surface area contributed by atoms with Crippen molar-refractivity contribution in [2.45, 2.75) is 46.5 Å². The van der Waals surface area contributed by atoms with E-state index in [0.717, 1.165) is 6.42 Å². The van der Waals surface area contributed by atoms with Crippen molar-refractivity contribution in [3.05, 3.63) is 11.6 Å². The van der Waals surface area contributed by atoms with Gasteiger partial charge in [0, 0.05) is 33.0 Å². The molecule has 7 nitrogen and oxygen atoms in total. The third kappa shape index (κ3) is 8.56. The van der Waals surface area contributed by atoms with Gasteiger partial charge in [0.1, 0.15) is 0 Å². The number of carboxylic acids is 1. The lowest BCUT2D eigenvalue weighted by Crippen LogP contribution is -2.38. The molecule has 0 saturated heterocycles. The Morgan fingerprint density at radius 2 is 1.93 bits per heavy atom. The van der Waals surface area contributed by atoms with E-state index in [1.807, 2.05) is 6.92 Å². The fourth-order valence-electron chi connectivity index (χ4n) is 3.64. The SMILES string of the molecule is COCCNC(=O)CC1CC(C(C)C)C(CNC(=O)CCC(=O)O)C=C1C. The number of carbonyl (C=O) groups is 3. The molecule has 0 saturated carbocycles. The lowest BCUT2D eigenvalue weighted by Gasteiger charge is -2.37. The van der Waals surface area contributed by atoms with Crippen molar-refractivity contribution in [1.82, 2.24) is 10.6 Å². The van der Waals surface area contributed by atoms with Crippen LogP contribution >= 0.6 is 0 Å².